The lowest BCUT2D eigenvalue weighted by atomic mass is 9.49. The van der Waals surface area contributed by atoms with E-state index in [1.54, 1.807) is 6.07 Å². The van der Waals surface area contributed by atoms with Crippen LogP contribution >= 0.6 is 0 Å². The highest BCUT2D eigenvalue weighted by Crippen LogP contribution is 2.62. The Morgan fingerprint density at radius 1 is 0.417 bits per heavy atom. The van der Waals surface area contributed by atoms with Gasteiger partial charge in [0, 0.05) is 29.1 Å². The summed E-state index contributed by atoms with van der Waals surface area (Å²) in [6.07, 6.45) is 19.0. The van der Waals surface area contributed by atoms with E-state index >= 15 is 0 Å². The Morgan fingerprint density at radius 3 is 1.02 bits per heavy atom. The van der Waals surface area contributed by atoms with Crippen LogP contribution in [-0.4, -0.2) is 40.8 Å². The molecule has 10 nitrogen and oxygen atoms in total. The van der Waals surface area contributed by atoms with E-state index in [4.69, 9.17) is 5.73 Å². The van der Waals surface area contributed by atoms with Gasteiger partial charge in [0.25, 0.3) is 0 Å². The Morgan fingerprint density at radius 2 is 0.702 bits per heavy atom. The number of anilines is 3. The predicted molar refractivity (Wildman–Crippen MR) is 340 cm³/mol. The molecule has 0 radical (unpaired) electrons. The minimum Gasteiger partial charge on any atom is -0.508 e. The van der Waals surface area contributed by atoms with Gasteiger partial charge in [0.15, 0.2) is 0 Å². The van der Waals surface area contributed by atoms with E-state index in [1.807, 2.05) is 18.2 Å². The third-order valence-corrected chi connectivity index (χ3v) is 24.9. The molecule has 0 spiro atoms. The van der Waals surface area contributed by atoms with E-state index in [0.29, 0.717) is 12.1 Å². The van der Waals surface area contributed by atoms with Gasteiger partial charge >= 0.3 is 0 Å². The summed E-state index contributed by atoms with van der Waals surface area (Å²) in [6.45, 7) is 26.5. The quantitative estimate of drug-likeness (QED) is 0.0750. The molecule has 12 atom stereocenters. The first-order valence-electron chi connectivity index (χ1n) is 32.9. The smallest absolute Gasteiger partial charge is 0.232 e. The van der Waals surface area contributed by atoms with Crippen molar-refractivity contribution in [2.45, 2.75) is 245 Å². The molecule has 0 unspecified atom stereocenters. The number of amides is 4. The van der Waals surface area contributed by atoms with Crippen LogP contribution in [0, 0.1) is 45.3 Å². The SMILES string of the molecule is CC(C)Nc1ccc2c(c1)[C@@]1(C)CCC[C@](C)(C(=O)NC(=O)[C@@]3(C)CCC[C@]4(C)c5cc(N)ccc5CC[C@@H]34)[C@@H]1CC2.CC(C)Nc1ccc2c(c1)[C@@]1(C)CCC[C@](C)(C(=O)NC(=O)[C@@]3(C)CCC[C@]4(C)c5cc(O)ccc5CC[C@@H]34)[C@@H]1CC2. The van der Waals surface area contributed by atoms with Crippen molar-refractivity contribution in [3.8, 4) is 5.75 Å². The highest BCUT2D eigenvalue weighted by molar-refractivity contribution is 6.02. The minimum absolute atomic E-state index is 0.0581. The number of nitrogen functional groups attached to an aromatic ring is 1. The van der Waals surface area contributed by atoms with Gasteiger partial charge in [0.05, 0.1) is 21.7 Å². The molecule has 7 N–H and O–H groups in total. The number of fused-ring (bicyclic) bond motifs is 12. The molecule has 4 fully saturated rings. The molecule has 0 bridgehead atoms. The second-order valence-electron chi connectivity index (χ2n) is 30.8. The summed E-state index contributed by atoms with van der Waals surface area (Å²) in [4.78, 5) is 57.3. The van der Waals surface area contributed by atoms with Crippen molar-refractivity contribution in [1.29, 1.82) is 0 Å². The van der Waals surface area contributed by atoms with Crippen LogP contribution in [0.1, 0.15) is 230 Å². The van der Waals surface area contributed by atoms with Gasteiger partial charge in [0.1, 0.15) is 5.75 Å². The summed E-state index contributed by atoms with van der Waals surface area (Å²) in [5, 5.41) is 23.6. The fourth-order valence-electron chi connectivity index (χ4n) is 20.6. The van der Waals surface area contributed by atoms with Crippen molar-refractivity contribution >= 4 is 40.7 Å². The lowest BCUT2D eigenvalue weighted by molar-refractivity contribution is -0.151. The van der Waals surface area contributed by atoms with Gasteiger partial charge in [-0.25, -0.2) is 0 Å². The predicted octanol–water partition coefficient (Wildman–Crippen LogP) is 15.0. The van der Waals surface area contributed by atoms with Gasteiger partial charge in [0.2, 0.25) is 23.6 Å². The number of phenols is 1. The number of aryl methyl sites for hydroxylation is 4. The summed E-state index contributed by atoms with van der Waals surface area (Å²) >= 11 is 0. The van der Waals surface area contributed by atoms with Gasteiger partial charge in [-0.3, -0.25) is 29.8 Å². The Labute approximate surface area is 503 Å². The Hall–Kier alpha value is -5.64. The second kappa shape index (κ2) is 21.6. The molecule has 8 aliphatic carbocycles. The van der Waals surface area contributed by atoms with Gasteiger partial charge in [-0.15, -0.1) is 0 Å². The highest BCUT2D eigenvalue weighted by atomic mass is 16.3. The Balaban J connectivity index is 0.000000175. The summed E-state index contributed by atoms with van der Waals surface area (Å²) in [6, 6.07) is 26.4. The molecule has 4 saturated carbocycles. The molecule has 0 aromatic heterocycles. The molecule has 0 aliphatic heterocycles. The van der Waals surface area contributed by atoms with Gasteiger partial charge in [-0.1, -0.05) is 105 Å². The topological polar surface area (TPSA) is 163 Å². The highest BCUT2D eigenvalue weighted by Gasteiger charge is 2.61. The third-order valence-electron chi connectivity index (χ3n) is 24.9. The number of carbonyl (C=O) groups is 4. The van der Waals surface area contributed by atoms with Crippen LogP contribution in [0.2, 0.25) is 0 Å². The van der Waals surface area contributed by atoms with Crippen molar-refractivity contribution in [3.05, 3.63) is 117 Å². The molecule has 8 aliphatic rings. The largest absolute Gasteiger partial charge is 0.508 e. The van der Waals surface area contributed by atoms with Crippen LogP contribution in [0.3, 0.4) is 0 Å². The molecule has 84 heavy (non-hydrogen) atoms. The number of hydrogen-bond acceptors (Lipinski definition) is 8. The molecule has 4 aromatic carbocycles. The minimum atomic E-state index is -0.628. The molecule has 4 amide bonds. The normalized spacial score (nSPS) is 35.3. The molecular weight excluding hydrogens is 1040 g/mol. The number of imide groups is 2. The summed E-state index contributed by atoms with van der Waals surface area (Å²) in [5.41, 5.74) is 17.2. The third kappa shape index (κ3) is 9.80. The van der Waals surface area contributed by atoms with Crippen molar-refractivity contribution in [2.75, 3.05) is 16.4 Å². The average Bonchev–Trinajstić information content (AvgIpc) is 0.816. The molecule has 0 heterocycles. The number of phenolic OH excluding ortho intramolecular Hbond substituents is 1. The van der Waals surface area contributed by atoms with Gasteiger partial charge in [-0.05, 0) is 269 Å². The lowest BCUT2D eigenvalue weighted by Gasteiger charge is -2.56. The van der Waals surface area contributed by atoms with E-state index in [9.17, 15) is 24.3 Å². The van der Waals surface area contributed by atoms with Gasteiger partial charge in [-0.2, -0.15) is 0 Å². The van der Waals surface area contributed by atoms with E-state index in [2.05, 4.69) is 153 Å². The lowest BCUT2D eigenvalue weighted by Crippen LogP contribution is -2.60. The zero-order valence-corrected chi connectivity index (χ0v) is 53.2. The van der Waals surface area contributed by atoms with Crippen molar-refractivity contribution < 1.29 is 24.3 Å². The van der Waals surface area contributed by atoms with Crippen LogP contribution in [0.25, 0.3) is 0 Å². The fourth-order valence-corrected chi connectivity index (χ4v) is 20.6. The van der Waals surface area contributed by atoms with Crippen LogP contribution in [-0.2, 0) is 66.5 Å². The molecule has 452 valence electrons. The number of nitrogens with one attached hydrogen (secondary N) is 4. The maximum absolute atomic E-state index is 14.4. The molecule has 12 rings (SSSR count). The van der Waals surface area contributed by atoms with Crippen molar-refractivity contribution in [1.82, 2.24) is 10.6 Å². The molecule has 10 heteroatoms. The van der Waals surface area contributed by atoms with Gasteiger partial charge < -0.3 is 21.5 Å². The number of hydrogen-bond donors (Lipinski definition) is 6. The Kier molecular flexibility index (Phi) is 15.5. The summed E-state index contributed by atoms with van der Waals surface area (Å²) in [7, 11) is 0. The van der Waals surface area contributed by atoms with E-state index in [1.165, 1.54) is 44.5 Å². The van der Waals surface area contributed by atoms with Crippen LogP contribution in [0.5, 0.6) is 5.75 Å². The average molecular weight is 1140 g/mol. The molecular formula is C74H101N5O5. The summed E-state index contributed by atoms with van der Waals surface area (Å²) in [5.74, 6) is 0.672. The van der Waals surface area contributed by atoms with E-state index in [0.717, 1.165) is 145 Å². The maximum atomic E-state index is 14.4. The number of aromatic hydroxyl groups is 1. The number of rotatable bonds is 8. The first-order valence-corrected chi connectivity index (χ1v) is 32.9. The first-order chi connectivity index (χ1) is 39.6. The standard InChI is InChI=1S/C37H51N3O2.C37H50N2O3/c1-23(2)39-27-14-10-25-12-16-31-35(4,29(25)22-27)18-8-20-37(31,6)33(42)40-32(41)36(5)19-7-17-34(3)28-21-26(38)13-9-24(28)11-15-30(34)36;1-23(2)38-26-13-9-24-11-15-30-34(3,28(24)21-26)17-7-19-36(30,5)32(41)39-33(42)37(6)20-8-18-35(4)29-22-27(40)14-10-25(29)12-16-31(35)37/h9-10,13-14,21-23,30-31,39H,7-8,11-12,15-20,38H2,1-6H3,(H,40,41,42);9-10,13-14,21-23,30-31,38,40H,7-8,11-12,15-20H2,1-6H3,(H,39,41,42)/t2*30-,31-,34-,35-,36+,37+/m11/s1. The molecule has 0 saturated heterocycles. The second-order valence-corrected chi connectivity index (χ2v) is 30.8. The number of benzene rings is 4. The first kappa shape index (κ1) is 60.1. The summed E-state index contributed by atoms with van der Waals surface area (Å²) < 4.78 is 0. The van der Waals surface area contributed by atoms with Crippen LogP contribution in [0.4, 0.5) is 17.1 Å². The molecule has 4 aromatic rings. The zero-order valence-electron chi connectivity index (χ0n) is 53.2. The van der Waals surface area contributed by atoms with Crippen molar-refractivity contribution in [2.24, 2.45) is 45.3 Å². The van der Waals surface area contributed by atoms with Crippen LogP contribution in [0.15, 0.2) is 72.8 Å². The van der Waals surface area contributed by atoms with E-state index in [-0.39, 0.29) is 74.7 Å². The number of nitrogens with two attached hydrogens (primary N) is 1. The number of carbonyl (C=O) groups excluding carboxylic acids is 4. The Bertz CT molecular complexity index is 3040. The maximum Gasteiger partial charge on any atom is 0.232 e. The van der Waals surface area contributed by atoms with Crippen LogP contribution < -0.4 is 27.0 Å². The zero-order chi connectivity index (χ0) is 60.2. The monoisotopic (exact) mass is 1140 g/mol. The van der Waals surface area contributed by atoms with E-state index < -0.39 is 21.7 Å². The fraction of sp³-hybridized carbons (Fsp3) is 0.622. The van der Waals surface area contributed by atoms with Crippen molar-refractivity contribution in [3.63, 3.8) is 0 Å².